The lowest BCUT2D eigenvalue weighted by atomic mass is 10.1. The van der Waals surface area contributed by atoms with E-state index in [4.69, 9.17) is 4.98 Å². The molecule has 0 radical (unpaired) electrons. The number of nitrogens with zero attached hydrogens (tertiary/aromatic N) is 1. The Labute approximate surface area is 130 Å². The number of nitrogens with one attached hydrogen (secondary N) is 1. The molecule has 21 heavy (non-hydrogen) atoms. The molecule has 0 saturated carbocycles. The van der Waals surface area contributed by atoms with Crippen LogP contribution in [0.5, 0.6) is 0 Å². The summed E-state index contributed by atoms with van der Waals surface area (Å²) in [5.74, 6) is 0.0549. The van der Waals surface area contributed by atoms with E-state index >= 15 is 0 Å². The molecule has 1 aromatic carbocycles. The topological polar surface area (TPSA) is 42.0 Å². The molecule has 0 saturated heterocycles. The molecule has 1 aromatic heterocycles. The summed E-state index contributed by atoms with van der Waals surface area (Å²) in [5, 5.41) is 4.87. The van der Waals surface area contributed by atoms with E-state index in [1.165, 1.54) is 22.7 Å². The average molecular weight is 302 g/mol. The summed E-state index contributed by atoms with van der Waals surface area (Å²) < 4.78 is 0. The van der Waals surface area contributed by atoms with E-state index in [9.17, 15) is 4.79 Å². The van der Waals surface area contributed by atoms with Crippen molar-refractivity contribution in [3.05, 3.63) is 35.4 Å². The van der Waals surface area contributed by atoms with Crippen molar-refractivity contribution in [3.8, 4) is 0 Å². The summed E-state index contributed by atoms with van der Waals surface area (Å²) in [6, 6.07) is 8.43. The Morgan fingerprint density at radius 3 is 2.57 bits per heavy atom. The maximum atomic E-state index is 12.0. The fourth-order valence-corrected chi connectivity index (χ4v) is 3.15. The molecule has 3 nitrogen and oxygen atoms in total. The third-order valence-electron chi connectivity index (χ3n) is 3.32. The van der Waals surface area contributed by atoms with E-state index in [1.54, 1.807) is 0 Å². The molecule has 4 heteroatoms. The van der Waals surface area contributed by atoms with E-state index in [-0.39, 0.29) is 17.2 Å². The van der Waals surface area contributed by atoms with Gasteiger partial charge in [-0.05, 0) is 51.8 Å². The molecule has 0 bridgehead atoms. The lowest BCUT2D eigenvalue weighted by Gasteiger charge is -2.15. The van der Waals surface area contributed by atoms with Crippen LogP contribution in [0.1, 0.15) is 31.9 Å². The summed E-state index contributed by atoms with van der Waals surface area (Å²) in [6.07, 6.45) is 0. The summed E-state index contributed by atoms with van der Waals surface area (Å²) in [7, 11) is 0. The Bertz CT molecular complexity index is 667. The van der Waals surface area contributed by atoms with Gasteiger partial charge in [-0.25, -0.2) is 4.98 Å². The second kappa shape index (κ2) is 6.48. The van der Waals surface area contributed by atoms with Gasteiger partial charge in [0, 0.05) is 11.4 Å². The molecule has 0 aliphatic rings. The highest BCUT2D eigenvalue weighted by Crippen LogP contribution is 2.28. The van der Waals surface area contributed by atoms with Crippen LogP contribution in [-0.4, -0.2) is 22.2 Å². The lowest BCUT2D eigenvalue weighted by molar-refractivity contribution is -0.120. The molecule has 1 amide bonds. The molecule has 0 aliphatic carbocycles. The Morgan fingerprint density at radius 1 is 1.19 bits per heavy atom. The molecule has 2 aromatic rings. The minimum absolute atomic E-state index is 0.0549. The minimum atomic E-state index is -0.152. The van der Waals surface area contributed by atoms with Crippen molar-refractivity contribution in [2.75, 3.05) is 0 Å². The molecule has 1 N–H and O–H groups in total. The van der Waals surface area contributed by atoms with Crippen molar-refractivity contribution < 1.29 is 4.79 Å². The first kappa shape index (κ1) is 15.8. The number of amides is 1. The summed E-state index contributed by atoms with van der Waals surface area (Å²) >= 11 is 1.51. The number of benzene rings is 1. The predicted molar refractivity (Wildman–Crippen MR) is 89.8 cm³/mol. The molecule has 0 fully saturated rings. The van der Waals surface area contributed by atoms with Gasteiger partial charge in [-0.1, -0.05) is 30.0 Å². The molecule has 0 unspecified atom stereocenters. The SMILES string of the molecule is Cc1cc(S[C@@H](C)C(=O)NC(C)C)nc2c(C)cccc12. The van der Waals surface area contributed by atoms with Gasteiger partial charge in [-0.2, -0.15) is 0 Å². The van der Waals surface area contributed by atoms with Crippen LogP contribution < -0.4 is 5.32 Å². The van der Waals surface area contributed by atoms with E-state index < -0.39 is 0 Å². The van der Waals surface area contributed by atoms with Gasteiger partial charge in [-0.3, -0.25) is 4.79 Å². The Kier molecular flexibility index (Phi) is 4.88. The maximum absolute atomic E-state index is 12.0. The average Bonchev–Trinajstić information content (AvgIpc) is 2.39. The molecule has 1 heterocycles. The minimum Gasteiger partial charge on any atom is -0.353 e. The molecule has 112 valence electrons. The number of thioether (sulfide) groups is 1. The molecule has 0 spiro atoms. The van der Waals surface area contributed by atoms with Gasteiger partial charge in [0.15, 0.2) is 0 Å². The van der Waals surface area contributed by atoms with E-state index in [0.717, 1.165) is 16.1 Å². The van der Waals surface area contributed by atoms with Gasteiger partial charge in [-0.15, -0.1) is 0 Å². The van der Waals surface area contributed by atoms with Gasteiger partial charge in [0.1, 0.15) is 0 Å². The molecular formula is C17H22N2OS. The largest absolute Gasteiger partial charge is 0.353 e. The van der Waals surface area contributed by atoms with Gasteiger partial charge in [0.2, 0.25) is 5.91 Å². The number of pyridine rings is 1. The molecule has 0 aliphatic heterocycles. The summed E-state index contributed by atoms with van der Waals surface area (Å²) in [5.41, 5.74) is 3.39. The van der Waals surface area contributed by atoms with Crippen LogP contribution >= 0.6 is 11.8 Å². The standard InChI is InChI=1S/C17H22N2OS/c1-10(2)18-17(20)13(5)21-15-9-12(4)14-8-6-7-11(3)16(14)19-15/h6-10,13H,1-5H3,(H,18,20)/t13-/m0/s1. The molecule has 1 atom stereocenters. The quantitative estimate of drug-likeness (QED) is 0.872. The predicted octanol–water partition coefficient (Wildman–Crippen LogP) is 3.86. The van der Waals surface area contributed by atoms with Crippen LogP contribution in [0.15, 0.2) is 29.3 Å². The number of carbonyl (C=O) groups excluding carboxylic acids is 1. The van der Waals surface area contributed by atoms with Crippen LogP contribution in [0, 0.1) is 13.8 Å². The third-order valence-corrected chi connectivity index (χ3v) is 4.34. The van der Waals surface area contributed by atoms with Crippen molar-refractivity contribution >= 4 is 28.6 Å². The number of hydrogen-bond acceptors (Lipinski definition) is 3. The first-order chi connectivity index (χ1) is 9.88. The third kappa shape index (κ3) is 3.76. The van der Waals surface area contributed by atoms with Crippen LogP contribution in [0.4, 0.5) is 0 Å². The zero-order valence-corrected chi connectivity index (χ0v) is 14.0. The van der Waals surface area contributed by atoms with Gasteiger partial charge in [0.25, 0.3) is 0 Å². The van der Waals surface area contributed by atoms with E-state index in [2.05, 4.69) is 43.4 Å². The Morgan fingerprint density at radius 2 is 1.90 bits per heavy atom. The molecule has 2 rings (SSSR count). The lowest BCUT2D eigenvalue weighted by Crippen LogP contribution is -2.35. The van der Waals surface area contributed by atoms with Crippen molar-refractivity contribution in [2.45, 2.75) is 50.9 Å². The first-order valence-corrected chi connectivity index (χ1v) is 8.10. The highest BCUT2D eigenvalue weighted by molar-refractivity contribution is 8.00. The zero-order chi connectivity index (χ0) is 15.6. The summed E-state index contributed by atoms with van der Waals surface area (Å²) in [4.78, 5) is 16.7. The van der Waals surface area contributed by atoms with Crippen molar-refractivity contribution in [1.29, 1.82) is 0 Å². The monoisotopic (exact) mass is 302 g/mol. The normalized spacial score (nSPS) is 12.7. The number of aromatic nitrogens is 1. The number of hydrogen-bond donors (Lipinski definition) is 1. The Hall–Kier alpha value is -1.55. The number of rotatable bonds is 4. The first-order valence-electron chi connectivity index (χ1n) is 7.22. The second-order valence-corrected chi connectivity index (χ2v) is 7.03. The summed E-state index contributed by atoms with van der Waals surface area (Å²) in [6.45, 7) is 10.0. The second-order valence-electron chi connectivity index (χ2n) is 5.67. The van der Waals surface area contributed by atoms with Gasteiger partial charge in [0.05, 0.1) is 15.8 Å². The fourth-order valence-electron chi connectivity index (χ4n) is 2.23. The maximum Gasteiger partial charge on any atom is 0.233 e. The fraction of sp³-hybridized carbons (Fsp3) is 0.412. The van der Waals surface area contributed by atoms with Gasteiger partial charge < -0.3 is 5.32 Å². The smallest absolute Gasteiger partial charge is 0.233 e. The molecular weight excluding hydrogens is 280 g/mol. The number of para-hydroxylation sites is 1. The van der Waals surface area contributed by atoms with Crippen LogP contribution in [-0.2, 0) is 4.79 Å². The number of aryl methyl sites for hydroxylation is 2. The highest BCUT2D eigenvalue weighted by Gasteiger charge is 2.16. The van der Waals surface area contributed by atoms with Crippen molar-refractivity contribution in [3.63, 3.8) is 0 Å². The van der Waals surface area contributed by atoms with Crippen molar-refractivity contribution in [1.82, 2.24) is 10.3 Å². The van der Waals surface area contributed by atoms with E-state index in [0.29, 0.717) is 0 Å². The zero-order valence-electron chi connectivity index (χ0n) is 13.2. The number of fused-ring (bicyclic) bond motifs is 1. The van der Waals surface area contributed by atoms with Crippen LogP contribution in [0.2, 0.25) is 0 Å². The highest BCUT2D eigenvalue weighted by atomic mass is 32.2. The number of carbonyl (C=O) groups is 1. The van der Waals surface area contributed by atoms with Gasteiger partial charge >= 0.3 is 0 Å². The Balaban J connectivity index is 2.27. The van der Waals surface area contributed by atoms with Crippen LogP contribution in [0.25, 0.3) is 10.9 Å². The van der Waals surface area contributed by atoms with Crippen LogP contribution in [0.3, 0.4) is 0 Å². The van der Waals surface area contributed by atoms with Crippen molar-refractivity contribution in [2.24, 2.45) is 0 Å². The van der Waals surface area contributed by atoms with E-state index in [1.807, 2.05) is 20.8 Å².